The zero-order valence-corrected chi connectivity index (χ0v) is 11.4. The fourth-order valence-electron chi connectivity index (χ4n) is 2.09. The number of hydrogen-bond donors (Lipinski definition) is 3. The van der Waals surface area contributed by atoms with Gasteiger partial charge in [0.15, 0.2) is 0 Å². The van der Waals surface area contributed by atoms with Gasteiger partial charge in [0.1, 0.15) is 0 Å². The number of carbonyl (C=O) groups is 1. The number of carboxylic acid groups (broad SMARTS) is 1. The summed E-state index contributed by atoms with van der Waals surface area (Å²) in [6.45, 7) is 0. The van der Waals surface area contributed by atoms with Gasteiger partial charge in [-0.3, -0.25) is 0 Å². The van der Waals surface area contributed by atoms with Crippen molar-refractivity contribution in [3.63, 3.8) is 0 Å². The molecule has 1 aliphatic carbocycles. The third-order valence-electron chi connectivity index (χ3n) is 3.06. The van der Waals surface area contributed by atoms with Crippen LogP contribution in [-0.2, 0) is 10.0 Å². The van der Waals surface area contributed by atoms with E-state index in [1.54, 1.807) is 0 Å². The van der Waals surface area contributed by atoms with Crippen LogP contribution in [0.2, 0.25) is 0 Å². The van der Waals surface area contributed by atoms with Crippen LogP contribution >= 0.6 is 0 Å². The predicted molar refractivity (Wildman–Crippen MR) is 64.8 cm³/mol. The molecule has 1 saturated carbocycles. The Labute approximate surface area is 114 Å². The van der Waals surface area contributed by atoms with Crippen molar-refractivity contribution < 1.29 is 31.5 Å². The van der Waals surface area contributed by atoms with E-state index >= 15 is 0 Å². The molecule has 3 N–H and O–H groups in total. The minimum absolute atomic E-state index is 0.233. The molecule has 0 aromatic carbocycles. The van der Waals surface area contributed by atoms with Crippen molar-refractivity contribution in [1.29, 1.82) is 0 Å². The van der Waals surface area contributed by atoms with Crippen molar-refractivity contribution >= 4 is 16.1 Å². The van der Waals surface area contributed by atoms with E-state index in [0.29, 0.717) is 25.7 Å². The van der Waals surface area contributed by atoms with Crippen LogP contribution in [-0.4, -0.2) is 43.6 Å². The minimum atomic E-state index is -4.50. The van der Waals surface area contributed by atoms with Crippen LogP contribution in [0.5, 0.6) is 0 Å². The molecular weight excluding hydrogens is 301 g/mol. The first-order valence-electron chi connectivity index (χ1n) is 6.13. The second-order valence-electron chi connectivity index (χ2n) is 4.80. The van der Waals surface area contributed by atoms with E-state index in [4.69, 9.17) is 5.11 Å². The van der Waals surface area contributed by atoms with Crippen LogP contribution in [0.15, 0.2) is 0 Å². The molecule has 0 radical (unpaired) electrons. The standard InChI is InChI=1S/C10H17F3N2O4S/c11-10(12,13)5-6-20(18,19)15-8-3-1-7(2-4-8)14-9(16)17/h7-8,14-15H,1-6H2,(H,16,17). The van der Waals surface area contributed by atoms with Crippen LogP contribution in [0.3, 0.4) is 0 Å². The Balaban J connectivity index is 2.37. The van der Waals surface area contributed by atoms with Gasteiger partial charge in [-0.1, -0.05) is 0 Å². The maximum Gasteiger partial charge on any atom is 0.404 e. The number of rotatable bonds is 5. The monoisotopic (exact) mass is 318 g/mol. The number of alkyl halides is 3. The van der Waals surface area contributed by atoms with E-state index in [9.17, 15) is 26.4 Å². The molecule has 10 heteroatoms. The van der Waals surface area contributed by atoms with E-state index in [1.807, 2.05) is 0 Å². The SMILES string of the molecule is O=C(O)NC1CCC(NS(=O)(=O)CCC(F)(F)F)CC1. The van der Waals surface area contributed by atoms with Gasteiger partial charge in [0, 0.05) is 12.1 Å². The molecule has 20 heavy (non-hydrogen) atoms. The van der Waals surface area contributed by atoms with Gasteiger partial charge in [0.2, 0.25) is 10.0 Å². The second-order valence-corrected chi connectivity index (χ2v) is 6.67. The summed E-state index contributed by atoms with van der Waals surface area (Å²) in [7, 11) is -3.96. The predicted octanol–water partition coefficient (Wildman–Crippen LogP) is 1.44. The highest BCUT2D eigenvalue weighted by Crippen LogP contribution is 2.22. The molecule has 0 bridgehead atoms. The highest BCUT2D eigenvalue weighted by atomic mass is 32.2. The molecule has 0 atom stereocenters. The van der Waals surface area contributed by atoms with Gasteiger partial charge in [-0.25, -0.2) is 17.9 Å². The lowest BCUT2D eigenvalue weighted by Crippen LogP contribution is -2.44. The van der Waals surface area contributed by atoms with Crippen LogP contribution in [0.4, 0.5) is 18.0 Å². The van der Waals surface area contributed by atoms with Crippen LogP contribution in [0, 0.1) is 0 Å². The van der Waals surface area contributed by atoms with Crippen molar-refractivity contribution in [2.75, 3.05) is 5.75 Å². The van der Waals surface area contributed by atoms with Crippen LogP contribution in [0.25, 0.3) is 0 Å². The van der Waals surface area contributed by atoms with Gasteiger partial charge >= 0.3 is 12.3 Å². The van der Waals surface area contributed by atoms with E-state index in [-0.39, 0.29) is 6.04 Å². The van der Waals surface area contributed by atoms with Crippen LogP contribution in [0.1, 0.15) is 32.1 Å². The van der Waals surface area contributed by atoms with Gasteiger partial charge in [-0.05, 0) is 25.7 Å². The first-order valence-corrected chi connectivity index (χ1v) is 7.79. The van der Waals surface area contributed by atoms with Gasteiger partial charge in [-0.15, -0.1) is 0 Å². The fourth-order valence-corrected chi connectivity index (χ4v) is 3.45. The maximum atomic E-state index is 12.0. The number of hydrogen-bond acceptors (Lipinski definition) is 3. The Morgan fingerprint density at radius 3 is 2.10 bits per heavy atom. The van der Waals surface area contributed by atoms with Crippen molar-refractivity contribution in [2.45, 2.75) is 50.4 Å². The first kappa shape index (κ1) is 17.0. The third-order valence-corrected chi connectivity index (χ3v) is 4.49. The summed E-state index contributed by atoms with van der Waals surface area (Å²) >= 11 is 0. The van der Waals surface area contributed by atoms with Gasteiger partial charge in [-0.2, -0.15) is 13.2 Å². The summed E-state index contributed by atoms with van der Waals surface area (Å²) in [6.07, 6.45) is -5.31. The lowest BCUT2D eigenvalue weighted by Gasteiger charge is -2.28. The highest BCUT2D eigenvalue weighted by molar-refractivity contribution is 7.89. The smallest absolute Gasteiger partial charge is 0.404 e. The summed E-state index contributed by atoms with van der Waals surface area (Å²) in [5.41, 5.74) is 0. The molecule has 118 valence electrons. The van der Waals surface area contributed by atoms with E-state index in [1.165, 1.54) is 0 Å². The molecule has 1 amide bonds. The zero-order chi connectivity index (χ0) is 15.4. The van der Waals surface area contributed by atoms with Gasteiger partial charge in [0.05, 0.1) is 12.2 Å². The topological polar surface area (TPSA) is 95.5 Å². The Hall–Kier alpha value is -1.03. The summed E-state index contributed by atoms with van der Waals surface area (Å²) in [6, 6.07) is -0.663. The quantitative estimate of drug-likeness (QED) is 0.715. The second kappa shape index (κ2) is 6.61. The first-order chi connectivity index (χ1) is 9.07. The van der Waals surface area contributed by atoms with Crippen molar-refractivity contribution in [3.8, 4) is 0 Å². The average Bonchev–Trinajstić information content (AvgIpc) is 2.28. The third kappa shape index (κ3) is 6.94. The van der Waals surface area contributed by atoms with E-state index in [2.05, 4.69) is 10.0 Å². The van der Waals surface area contributed by atoms with E-state index in [0.717, 1.165) is 0 Å². The molecule has 1 fully saturated rings. The van der Waals surface area contributed by atoms with Crippen LogP contribution < -0.4 is 10.0 Å². The van der Waals surface area contributed by atoms with Crippen molar-refractivity contribution in [3.05, 3.63) is 0 Å². The summed E-state index contributed by atoms with van der Waals surface area (Å²) in [4.78, 5) is 10.4. The summed E-state index contributed by atoms with van der Waals surface area (Å²) in [5, 5.41) is 10.8. The summed E-state index contributed by atoms with van der Waals surface area (Å²) < 4.78 is 61.1. The molecule has 1 rings (SSSR count). The molecule has 6 nitrogen and oxygen atoms in total. The largest absolute Gasteiger partial charge is 0.465 e. The molecule has 1 aliphatic rings. The Morgan fingerprint density at radius 2 is 1.65 bits per heavy atom. The minimum Gasteiger partial charge on any atom is -0.465 e. The average molecular weight is 318 g/mol. The molecule has 0 aromatic heterocycles. The normalized spacial score (nSPS) is 24.4. The number of nitrogens with one attached hydrogen (secondary N) is 2. The molecule has 0 saturated heterocycles. The Morgan fingerprint density at radius 1 is 1.15 bits per heavy atom. The molecule has 0 aromatic rings. The summed E-state index contributed by atoms with van der Waals surface area (Å²) in [5.74, 6) is -0.982. The van der Waals surface area contributed by atoms with E-state index < -0.39 is 40.5 Å². The lowest BCUT2D eigenvalue weighted by atomic mass is 9.92. The molecule has 0 heterocycles. The number of sulfonamides is 1. The zero-order valence-electron chi connectivity index (χ0n) is 10.6. The van der Waals surface area contributed by atoms with Gasteiger partial charge in [0.25, 0.3) is 0 Å². The Kier molecular flexibility index (Phi) is 5.63. The molecular formula is C10H17F3N2O4S. The molecule has 0 aliphatic heterocycles. The van der Waals surface area contributed by atoms with Crippen molar-refractivity contribution in [1.82, 2.24) is 10.0 Å². The number of halogens is 3. The fraction of sp³-hybridized carbons (Fsp3) is 0.900. The Bertz CT molecular complexity index is 430. The number of amides is 1. The highest BCUT2D eigenvalue weighted by Gasteiger charge is 2.31. The molecule has 0 spiro atoms. The maximum absolute atomic E-state index is 12.0. The molecule has 0 unspecified atom stereocenters. The van der Waals surface area contributed by atoms with Crippen molar-refractivity contribution in [2.24, 2.45) is 0 Å². The van der Waals surface area contributed by atoms with Gasteiger partial charge < -0.3 is 10.4 Å². The lowest BCUT2D eigenvalue weighted by molar-refractivity contribution is -0.130.